The van der Waals surface area contributed by atoms with E-state index in [-0.39, 0.29) is 23.7 Å². The van der Waals surface area contributed by atoms with Gasteiger partial charge in [-0.05, 0) is 23.7 Å². The third kappa shape index (κ3) is 0.991. The van der Waals surface area contributed by atoms with Gasteiger partial charge in [-0.25, -0.2) is 0 Å². The van der Waals surface area contributed by atoms with Crippen LogP contribution in [0.4, 0.5) is 0 Å². The van der Waals surface area contributed by atoms with E-state index in [9.17, 15) is 19.8 Å². The van der Waals surface area contributed by atoms with E-state index in [4.69, 9.17) is 0 Å². The van der Waals surface area contributed by atoms with Gasteiger partial charge in [-0.15, -0.1) is 0 Å². The molecular formula is C12H12O4. The number of aliphatic carboxylic acids is 2. The Morgan fingerprint density at radius 3 is 1.25 bits per heavy atom. The number of hydrogen-bond donors (Lipinski definition) is 2. The Hall–Kier alpha value is -1.58. The van der Waals surface area contributed by atoms with Gasteiger partial charge in [0.25, 0.3) is 0 Å². The zero-order valence-electron chi connectivity index (χ0n) is 8.48. The lowest BCUT2D eigenvalue weighted by molar-refractivity contribution is -0.163. The number of carboxylic acids is 2. The van der Waals surface area contributed by atoms with Gasteiger partial charge in [-0.3, -0.25) is 9.59 Å². The number of fused-ring (bicyclic) bond motifs is 1. The molecule has 4 nitrogen and oxygen atoms in total. The Balaban J connectivity index is 2.05. The summed E-state index contributed by atoms with van der Waals surface area (Å²) < 4.78 is 0. The fourth-order valence-corrected chi connectivity index (χ4v) is 3.48. The quantitative estimate of drug-likeness (QED) is 0.681. The highest BCUT2D eigenvalue weighted by atomic mass is 16.4. The van der Waals surface area contributed by atoms with Crippen LogP contribution < -0.4 is 0 Å². The van der Waals surface area contributed by atoms with Crippen LogP contribution in [0.3, 0.4) is 0 Å². The summed E-state index contributed by atoms with van der Waals surface area (Å²) in [5, 5.41) is 18.4. The molecule has 0 saturated heterocycles. The monoisotopic (exact) mass is 220 g/mol. The van der Waals surface area contributed by atoms with Gasteiger partial charge in [0.15, 0.2) is 0 Å². The highest BCUT2D eigenvalue weighted by Gasteiger charge is 2.57. The largest absolute Gasteiger partial charge is 0.481 e. The molecule has 6 atom stereocenters. The molecule has 0 aromatic heterocycles. The van der Waals surface area contributed by atoms with Crippen molar-refractivity contribution in [2.75, 3.05) is 0 Å². The van der Waals surface area contributed by atoms with Crippen LogP contribution in [0.25, 0.3) is 0 Å². The molecule has 4 aliphatic carbocycles. The lowest BCUT2D eigenvalue weighted by Crippen LogP contribution is -2.54. The van der Waals surface area contributed by atoms with Crippen molar-refractivity contribution in [1.29, 1.82) is 0 Å². The first kappa shape index (κ1) is 9.63. The average molecular weight is 220 g/mol. The Labute approximate surface area is 92.3 Å². The van der Waals surface area contributed by atoms with Crippen molar-refractivity contribution in [3.05, 3.63) is 24.3 Å². The summed E-state index contributed by atoms with van der Waals surface area (Å²) in [5.74, 6) is -3.29. The first-order valence-electron chi connectivity index (χ1n) is 5.43. The van der Waals surface area contributed by atoms with Gasteiger partial charge in [0.1, 0.15) is 0 Å². The lowest BCUT2D eigenvalue weighted by atomic mass is 9.50. The molecular weight excluding hydrogens is 208 g/mol. The van der Waals surface area contributed by atoms with Crippen LogP contribution in [0, 0.1) is 35.5 Å². The minimum atomic E-state index is -0.981. The molecule has 0 radical (unpaired) electrons. The van der Waals surface area contributed by atoms with E-state index >= 15 is 0 Å². The molecule has 0 aromatic carbocycles. The molecule has 4 aliphatic rings. The molecule has 2 bridgehead atoms. The summed E-state index contributed by atoms with van der Waals surface area (Å²) in [6.07, 6.45) is 7.82. The third-order valence-electron chi connectivity index (χ3n) is 4.23. The van der Waals surface area contributed by atoms with Gasteiger partial charge in [0.05, 0.1) is 11.8 Å². The molecule has 1 saturated carbocycles. The standard InChI is InChI=1S/C12H12O4/c13-11(14)9-7-3-4-8(10(9)12(15)16)6-2-1-5(6)7/h1-10H,(H,13,14)(H,15,16)/t5-,6-,7+,8+,9-,10+/m1/s1. The maximum absolute atomic E-state index is 11.2. The van der Waals surface area contributed by atoms with Crippen molar-refractivity contribution in [3.8, 4) is 0 Å². The van der Waals surface area contributed by atoms with E-state index in [2.05, 4.69) is 0 Å². The molecule has 0 heterocycles. The molecule has 0 spiro atoms. The molecule has 1 fully saturated rings. The Bertz CT molecular complexity index is 385. The second-order valence-electron chi connectivity index (χ2n) is 4.81. The van der Waals surface area contributed by atoms with Crippen LogP contribution in [0.15, 0.2) is 24.3 Å². The van der Waals surface area contributed by atoms with Gasteiger partial charge in [-0.1, -0.05) is 24.3 Å². The first-order chi connectivity index (χ1) is 7.61. The molecule has 0 aromatic rings. The van der Waals surface area contributed by atoms with Crippen LogP contribution in [-0.4, -0.2) is 22.2 Å². The van der Waals surface area contributed by atoms with Crippen LogP contribution >= 0.6 is 0 Å². The maximum Gasteiger partial charge on any atom is 0.308 e. The zero-order valence-corrected chi connectivity index (χ0v) is 8.48. The van der Waals surface area contributed by atoms with Gasteiger partial charge >= 0.3 is 11.9 Å². The van der Waals surface area contributed by atoms with Crippen LogP contribution in [0.1, 0.15) is 0 Å². The smallest absolute Gasteiger partial charge is 0.308 e. The van der Waals surface area contributed by atoms with Crippen LogP contribution in [-0.2, 0) is 9.59 Å². The van der Waals surface area contributed by atoms with Gasteiger partial charge in [0.2, 0.25) is 0 Å². The summed E-state index contributed by atoms with van der Waals surface area (Å²) in [6.45, 7) is 0. The first-order valence-corrected chi connectivity index (χ1v) is 5.43. The van der Waals surface area contributed by atoms with Crippen LogP contribution in [0.2, 0.25) is 0 Å². The summed E-state index contributed by atoms with van der Waals surface area (Å²) in [5.41, 5.74) is 0. The van der Waals surface area contributed by atoms with E-state index in [0.29, 0.717) is 0 Å². The minimum Gasteiger partial charge on any atom is -0.481 e. The Kier molecular flexibility index (Phi) is 1.79. The molecule has 0 unspecified atom stereocenters. The van der Waals surface area contributed by atoms with Crippen molar-refractivity contribution < 1.29 is 19.8 Å². The summed E-state index contributed by atoms with van der Waals surface area (Å²) in [6, 6.07) is 0. The van der Waals surface area contributed by atoms with E-state index in [1.54, 1.807) is 0 Å². The Morgan fingerprint density at radius 2 is 1.00 bits per heavy atom. The van der Waals surface area contributed by atoms with Crippen LogP contribution in [0.5, 0.6) is 0 Å². The average Bonchev–Trinajstić information content (AvgIpc) is 2.15. The fourth-order valence-electron chi connectivity index (χ4n) is 3.48. The number of rotatable bonds is 2. The molecule has 0 aliphatic heterocycles. The van der Waals surface area contributed by atoms with Gasteiger partial charge < -0.3 is 10.2 Å². The normalized spacial score (nSPS) is 47.2. The number of carbonyl (C=O) groups is 2. The van der Waals surface area contributed by atoms with E-state index in [1.165, 1.54) is 0 Å². The van der Waals surface area contributed by atoms with Crippen molar-refractivity contribution >= 4 is 11.9 Å². The van der Waals surface area contributed by atoms with E-state index < -0.39 is 23.8 Å². The number of hydrogen-bond acceptors (Lipinski definition) is 2. The topological polar surface area (TPSA) is 74.6 Å². The van der Waals surface area contributed by atoms with Gasteiger partial charge in [0, 0.05) is 0 Å². The highest BCUT2D eigenvalue weighted by molar-refractivity contribution is 5.82. The van der Waals surface area contributed by atoms with Crippen molar-refractivity contribution in [1.82, 2.24) is 0 Å². The molecule has 4 rings (SSSR count). The Morgan fingerprint density at radius 1 is 0.688 bits per heavy atom. The summed E-state index contributed by atoms with van der Waals surface area (Å²) in [4.78, 5) is 22.4. The fraction of sp³-hybridized carbons (Fsp3) is 0.500. The summed E-state index contributed by atoms with van der Waals surface area (Å²) >= 11 is 0. The molecule has 16 heavy (non-hydrogen) atoms. The van der Waals surface area contributed by atoms with Crippen molar-refractivity contribution in [2.24, 2.45) is 35.5 Å². The second-order valence-corrected chi connectivity index (χ2v) is 4.81. The molecule has 4 heteroatoms. The second kappa shape index (κ2) is 2.97. The SMILES string of the molecule is O=C(O)[C@@H]1[C@H]2C=C[C@@H]([C@@H]3C=C[C@H]32)[C@@H]1C(=O)O. The van der Waals surface area contributed by atoms with E-state index in [1.807, 2.05) is 24.3 Å². The molecule has 84 valence electrons. The van der Waals surface area contributed by atoms with E-state index in [0.717, 1.165) is 0 Å². The maximum atomic E-state index is 11.2. The predicted octanol–water partition coefficient (Wildman–Crippen LogP) is 1.01. The van der Waals surface area contributed by atoms with Crippen molar-refractivity contribution in [3.63, 3.8) is 0 Å². The highest BCUT2D eigenvalue weighted by Crippen LogP contribution is 2.55. The van der Waals surface area contributed by atoms with Crippen molar-refractivity contribution in [2.45, 2.75) is 0 Å². The van der Waals surface area contributed by atoms with Gasteiger partial charge in [-0.2, -0.15) is 0 Å². The molecule has 2 N–H and O–H groups in total. The summed E-state index contributed by atoms with van der Waals surface area (Å²) in [7, 11) is 0. The minimum absolute atomic E-state index is 0.140. The molecule has 0 amide bonds. The third-order valence-corrected chi connectivity index (χ3v) is 4.23. The number of carboxylic acid groups (broad SMARTS) is 2. The number of allylic oxidation sites excluding steroid dienone is 4. The lowest BCUT2D eigenvalue weighted by Gasteiger charge is -2.52. The predicted molar refractivity (Wildman–Crippen MR) is 54.5 cm³/mol. The zero-order chi connectivity index (χ0) is 11.4.